The molecule has 1 saturated heterocycles. The lowest BCUT2D eigenvalue weighted by Gasteiger charge is -2.36. The maximum Gasteiger partial charge on any atom is 0.410 e. The molecule has 1 aromatic carbocycles. The molecule has 0 aliphatic carbocycles. The molecule has 0 radical (unpaired) electrons. The van der Waals surface area contributed by atoms with Crippen LogP contribution in [0, 0.1) is 6.92 Å². The number of rotatable bonds is 5. The summed E-state index contributed by atoms with van der Waals surface area (Å²) in [7, 11) is 3.52. The van der Waals surface area contributed by atoms with Gasteiger partial charge in [0.15, 0.2) is 0 Å². The summed E-state index contributed by atoms with van der Waals surface area (Å²) < 4.78 is 23.4. The Labute approximate surface area is 205 Å². The van der Waals surface area contributed by atoms with E-state index in [1.165, 1.54) is 11.1 Å². The molecule has 2 unspecified atom stereocenters. The maximum atomic E-state index is 12.6. The number of aryl methyl sites for hydroxylation is 1. The molecule has 1 aromatic rings. The maximum absolute atomic E-state index is 12.6. The fourth-order valence-corrected chi connectivity index (χ4v) is 3.40. The lowest BCUT2D eigenvalue weighted by atomic mass is 10.1. The number of methoxy groups -OCH3 is 1. The third kappa shape index (κ3) is 10.2. The van der Waals surface area contributed by atoms with Crippen molar-refractivity contribution in [2.45, 2.75) is 72.8 Å². The number of ether oxygens (including phenoxy) is 2. The Bertz CT molecular complexity index is 805. The van der Waals surface area contributed by atoms with E-state index in [0.717, 1.165) is 30.9 Å². The minimum atomic E-state index is -0.847. The highest BCUT2D eigenvalue weighted by Gasteiger charge is 2.26. The van der Waals surface area contributed by atoms with Crippen molar-refractivity contribution >= 4 is 11.9 Å². The number of piperazine rings is 1. The zero-order valence-corrected chi connectivity index (χ0v) is 22.5. The van der Waals surface area contributed by atoms with E-state index in [1.807, 2.05) is 58.9 Å². The van der Waals surface area contributed by atoms with Gasteiger partial charge in [0.2, 0.25) is 0 Å². The number of alkyl halides is 1. The number of aliphatic imine (C=N–C) groups is 1. The molecule has 0 aromatic heterocycles. The number of hydrogen-bond donors (Lipinski definition) is 0. The quantitative estimate of drug-likeness (QED) is 0.388. The zero-order valence-electron chi connectivity index (χ0n) is 22.5. The SMILES string of the molecule is CC/C(=C\C(=NC)N1CCN(C(=O)OC(C)(C)C)CC1)C(C)OC.Cc1ccc(C(C)F)cc1. The average Bonchev–Trinajstić information content (AvgIpc) is 2.79. The monoisotopic (exact) mass is 477 g/mol. The number of hydrogen-bond acceptors (Lipinski definition) is 4. The summed E-state index contributed by atoms with van der Waals surface area (Å²) in [6.07, 6.45) is 2.02. The number of halogens is 1. The third-order valence-corrected chi connectivity index (χ3v) is 5.62. The van der Waals surface area contributed by atoms with Gasteiger partial charge in [-0.3, -0.25) is 4.99 Å². The van der Waals surface area contributed by atoms with Gasteiger partial charge in [-0.1, -0.05) is 36.8 Å². The smallest absolute Gasteiger partial charge is 0.410 e. The van der Waals surface area contributed by atoms with Crippen molar-refractivity contribution in [1.29, 1.82) is 0 Å². The molecule has 1 amide bonds. The van der Waals surface area contributed by atoms with Gasteiger partial charge in [0.1, 0.15) is 17.6 Å². The molecule has 34 heavy (non-hydrogen) atoms. The number of amidine groups is 1. The Kier molecular flexibility index (Phi) is 12.3. The van der Waals surface area contributed by atoms with Gasteiger partial charge in [0.05, 0.1) is 6.10 Å². The van der Waals surface area contributed by atoms with Gasteiger partial charge < -0.3 is 19.3 Å². The first-order chi connectivity index (χ1) is 15.9. The summed E-state index contributed by atoms with van der Waals surface area (Å²) in [5.41, 5.74) is 2.68. The van der Waals surface area contributed by atoms with Crippen molar-refractivity contribution in [1.82, 2.24) is 9.80 Å². The Hall–Kier alpha value is -2.41. The van der Waals surface area contributed by atoms with Crippen LogP contribution >= 0.6 is 0 Å². The predicted octanol–water partition coefficient (Wildman–Crippen LogP) is 5.96. The summed E-state index contributed by atoms with van der Waals surface area (Å²) in [5, 5.41) is 0. The van der Waals surface area contributed by atoms with Gasteiger partial charge in [0, 0.05) is 40.3 Å². The molecule has 1 heterocycles. The Morgan fingerprint density at radius 1 is 1.12 bits per heavy atom. The van der Waals surface area contributed by atoms with E-state index < -0.39 is 11.8 Å². The zero-order chi connectivity index (χ0) is 25.9. The number of benzene rings is 1. The number of carbonyl (C=O) groups is 1. The summed E-state index contributed by atoms with van der Waals surface area (Å²) in [5.74, 6) is 0.944. The molecule has 2 rings (SSSR count). The van der Waals surface area contributed by atoms with Crippen LogP contribution in [-0.2, 0) is 9.47 Å². The molecule has 0 spiro atoms. The van der Waals surface area contributed by atoms with Crippen LogP contribution in [0.25, 0.3) is 0 Å². The Morgan fingerprint density at radius 3 is 2.06 bits per heavy atom. The van der Waals surface area contributed by atoms with Crippen LogP contribution in [0.2, 0.25) is 0 Å². The first-order valence-corrected chi connectivity index (χ1v) is 12.0. The molecule has 0 bridgehead atoms. The molecule has 1 aliphatic heterocycles. The Balaban J connectivity index is 0.000000479. The molecule has 0 N–H and O–H groups in total. The van der Waals surface area contributed by atoms with Gasteiger partial charge in [-0.15, -0.1) is 0 Å². The minimum absolute atomic E-state index is 0.0785. The highest BCUT2D eigenvalue weighted by Crippen LogP contribution is 2.16. The van der Waals surface area contributed by atoms with E-state index in [9.17, 15) is 9.18 Å². The van der Waals surface area contributed by atoms with Gasteiger partial charge in [-0.2, -0.15) is 0 Å². The van der Waals surface area contributed by atoms with Crippen LogP contribution in [0.5, 0.6) is 0 Å². The minimum Gasteiger partial charge on any atom is -0.444 e. The van der Waals surface area contributed by atoms with E-state index in [4.69, 9.17) is 9.47 Å². The van der Waals surface area contributed by atoms with E-state index in [-0.39, 0.29) is 12.2 Å². The second-order valence-corrected chi connectivity index (χ2v) is 9.51. The van der Waals surface area contributed by atoms with Crippen molar-refractivity contribution in [2.24, 2.45) is 4.99 Å². The van der Waals surface area contributed by atoms with Gasteiger partial charge >= 0.3 is 6.09 Å². The molecule has 1 aliphatic rings. The van der Waals surface area contributed by atoms with Crippen molar-refractivity contribution in [3.05, 3.63) is 47.0 Å². The van der Waals surface area contributed by atoms with Crippen molar-refractivity contribution < 1.29 is 18.7 Å². The lowest BCUT2D eigenvalue weighted by molar-refractivity contribution is 0.0187. The van der Waals surface area contributed by atoms with Crippen molar-refractivity contribution in [3.63, 3.8) is 0 Å². The molecule has 1 fully saturated rings. The predicted molar refractivity (Wildman–Crippen MR) is 138 cm³/mol. The second-order valence-electron chi connectivity index (χ2n) is 9.51. The highest BCUT2D eigenvalue weighted by molar-refractivity contribution is 5.93. The molecule has 6 nitrogen and oxygen atoms in total. The third-order valence-electron chi connectivity index (χ3n) is 5.62. The lowest BCUT2D eigenvalue weighted by Crippen LogP contribution is -2.51. The first-order valence-electron chi connectivity index (χ1n) is 12.0. The number of carbonyl (C=O) groups excluding carboxylic acids is 1. The molecular formula is C27H44FN3O3. The van der Waals surface area contributed by atoms with Crippen LogP contribution in [-0.4, -0.2) is 73.8 Å². The van der Waals surface area contributed by atoms with E-state index in [2.05, 4.69) is 22.9 Å². The fraction of sp³-hybridized carbons (Fsp3) is 0.630. The summed E-state index contributed by atoms with van der Waals surface area (Å²) in [4.78, 5) is 20.5. The summed E-state index contributed by atoms with van der Waals surface area (Å²) in [6.45, 7) is 16.1. The second kappa shape index (κ2) is 14.1. The van der Waals surface area contributed by atoms with Crippen LogP contribution in [0.15, 0.2) is 40.9 Å². The van der Waals surface area contributed by atoms with Gasteiger partial charge in [-0.05, 0) is 65.2 Å². The standard InChI is InChI=1S/C18H33N3O3.C9H11F/c1-8-15(14(2)23-7)13-16(19-6)20-9-11-21(12-10-20)17(22)24-18(3,4)5;1-7-3-5-9(6-4-7)8(2)10/h13-14H,8-12H2,1-7H3;3-6,8H,1-2H3/b15-13+,19-16?;. The summed E-state index contributed by atoms with van der Waals surface area (Å²) in [6, 6.07) is 7.48. The van der Waals surface area contributed by atoms with Crippen molar-refractivity contribution in [3.8, 4) is 0 Å². The van der Waals surface area contributed by atoms with Crippen LogP contribution in [0.1, 0.15) is 65.3 Å². The van der Waals surface area contributed by atoms with Gasteiger partial charge in [-0.25, -0.2) is 9.18 Å². The topological polar surface area (TPSA) is 54.4 Å². The highest BCUT2D eigenvalue weighted by atomic mass is 19.1. The fourth-order valence-electron chi connectivity index (χ4n) is 3.40. The van der Waals surface area contributed by atoms with E-state index >= 15 is 0 Å². The van der Waals surface area contributed by atoms with E-state index in [0.29, 0.717) is 13.1 Å². The molecule has 0 saturated carbocycles. The molecule has 2 atom stereocenters. The normalized spacial score (nSPS) is 17.0. The number of nitrogens with zero attached hydrogens (tertiary/aromatic N) is 3. The van der Waals surface area contributed by atoms with Crippen LogP contribution < -0.4 is 0 Å². The van der Waals surface area contributed by atoms with Crippen LogP contribution in [0.3, 0.4) is 0 Å². The first kappa shape index (κ1) is 29.6. The summed E-state index contributed by atoms with van der Waals surface area (Å²) >= 11 is 0. The molecule has 7 heteroatoms. The van der Waals surface area contributed by atoms with E-state index in [1.54, 1.807) is 26.0 Å². The molecule has 192 valence electrons. The van der Waals surface area contributed by atoms with Gasteiger partial charge in [0.25, 0.3) is 0 Å². The number of amides is 1. The average molecular weight is 478 g/mol. The van der Waals surface area contributed by atoms with Crippen LogP contribution in [0.4, 0.5) is 9.18 Å². The Morgan fingerprint density at radius 2 is 1.65 bits per heavy atom. The molecular weight excluding hydrogens is 433 g/mol. The van der Waals surface area contributed by atoms with Crippen molar-refractivity contribution in [2.75, 3.05) is 40.3 Å². The largest absolute Gasteiger partial charge is 0.444 e.